The Labute approximate surface area is 125 Å². The summed E-state index contributed by atoms with van der Waals surface area (Å²) >= 11 is 6.02. The van der Waals surface area contributed by atoms with Gasteiger partial charge in [-0.2, -0.15) is 0 Å². The molecule has 1 N–H and O–H groups in total. The van der Waals surface area contributed by atoms with E-state index in [4.69, 9.17) is 16.3 Å². The highest BCUT2D eigenvalue weighted by molar-refractivity contribution is 6.30. The second-order valence-electron chi connectivity index (χ2n) is 4.89. The molecule has 2 nitrogen and oxygen atoms in total. The monoisotopic (exact) mass is 289 g/mol. The van der Waals surface area contributed by atoms with E-state index in [1.165, 1.54) is 5.56 Å². The van der Waals surface area contributed by atoms with Crippen LogP contribution < -0.4 is 10.1 Å². The normalized spacial score (nSPS) is 10.6. The third-order valence-corrected chi connectivity index (χ3v) is 3.42. The maximum Gasteiger partial charge on any atom is 0.131 e. The molecule has 3 heteroatoms. The van der Waals surface area contributed by atoms with Crippen molar-refractivity contribution in [3.63, 3.8) is 0 Å². The topological polar surface area (TPSA) is 21.3 Å². The highest BCUT2D eigenvalue weighted by atomic mass is 35.5. The third-order valence-electron chi connectivity index (χ3n) is 3.19. The van der Waals surface area contributed by atoms with Gasteiger partial charge in [-0.3, -0.25) is 0 Å². The molecule has 0 amide bonds. The van der Waals surface area contributed by atoms with E-state index in [-0.39, 0.29) is 0 Å². The quantitative estimate of drug-likeness (QED) is 0.849. The molecule has 0 saturated heterocycles. The van der Waals surface area contributed by atoms with Crippen LogP contribution in [-0.2, 0) is 6.54 Å². The van der Waals surface area contributed by atoms with Crippen molar-refractivity contribution in [3.05, 3.63) is 58.1 Å². The number of hydrogen-bond donors (Lipinski definition) is 1. The standard InChI is InChI=1S/C17H20ClNO/c1-4-19-11-14-6-8-16(13(3)9-14)20-17-10-15(18)7-5-12(17)2/h5-10,19H,4,11H2,1-3H3. The average molecular weight is 290 g/mol. The fraction of sp³-hybridized carbons (Fsp3) is 0.294. The molecule has 0 aliphatic rings. The van der Waals surface area contributed by atoms with Crippen molar-refractivity contribution in [2.75, 3.05) is 6.54 Å². The lowest BCUT2D eigenvalue weighted by atomic mass is 10.1. The van der Waals surface area contributed by atoms with Crippen molar-refractivity contribution < 1.29 is 4.74 Å². The van der Waals surface area contributed by atoms with Crippen LogP contribution in [-0.4, -0.2) is 6.54 Å². The lowest BCUT2D eigenvalue weighted by Gasteiger charge is -2.12. The second-order valence-corrected chi connectivity index (χ2v) is 5.33. The minimum absolute atomic E-state index is 0.687. The first-order valence-electron chi connectivity index (χ1n) is 6.84. The minimum atomic E-state index is 0.687. The van der Waals surface area contributed by atoms with Crippen LogP contribution >= 0.6 is 11.6 Å². The Morgan fingerprint density at radius 3 is 2.50 bits per heavy atom. The van der Waals surface area contributed by atoms with Gasteiger partial charge >= 0.3 is 0 Å². The van der Waals surface area contributed by atoms with Gasteiger partial charge in [0.05, 0.1) is 0 Å². The summed E-state index contributed by atoms with van der Waals surface area (Å²) in [5.74, 6) is 1.68. The molecule has 2 aromatic rings. The van der Waals surface area contributed by atoms with Crippen LogP contribution in [0.5, 0.6) is 11.5 Å². The molecule has 106 valence electrons. The summed E-state index contributed by atoms with van der Waals surface area (Å²) in [6, 6.07) is 11.9. The van der Waals surface area contributed by atoms with Crippen molar-refractivity contribution in [2.45, 2.75) is 27.3 Å². The highest BCUT2D eigenvalue weighted by Gasteiger charge is 2.06. The summed E-state index contributed by atoms with van der Waals surface area (Å²) in [7, 11) is 0. The highest BCUT2D eigenvalue weighted by Crippen LogP contribution is 2.30. The minimum Gasteiger partial charge on any atom is -0.457 e. The Bertz CT molecular complexity index is 596. The van der Waals surface area contributed by atoms with Crippen molar-refractivity contribution in [1.29, 1.82) is 0 Å². The van der Waals surface area contributed by atoms with Crippen LogP contribution in [0.15, 0.2) is 36.4 Å². The summed E-state index contributed by atoms with van der Waals surface area (Å²) in [5.41, 5.74) is 3.46. The van der Waals surface area contributed by atoms with Gasteiger partial charge in [0.15, 0.2) is 0 Å². The smallest absolute Gasteiger partial charge is 0.131 e. The zero-order valence-electron chi connectivity index (χ0n) is 12.2. The van der Waals surface area contributed by atoms with Crippen LogP contribution in [0.3, 0.4) is 0 Å². The lowest BCUT2D eigenvalue weighted by Crippen LogP contribution is -2.11. The number of benzene rings is 2. The van der Waals surface area contributed by atoms with Crippen molar-refractivity contribution in [3.8, 4) is 11.5 Å². The molecule has 2 rings (SSSR count). The van der Waals surface area contributed by atoms with E-state index >= 15 is 0 Å². The molecule has 0 bridgehead atoms. The molecule has 0 spiro atoms. The Morgan fingerprint density at radius 1 is 1.00 bits per heavy atom. The number of halogens is 1. The summed E-state index contributed by atoms with van der Waals surface area (Å²) in [6.07, 6.45) is 0. The molecule has 0 atom stereocenters. The van der Waals surface area contributed by atoms with E-state index in [0.29, 0.717) is 5.02 Å². The van der Waals surface area contributed by atoms with E-state index in [9.17, 15) is 0 Å². The summed E-state index contributed by atoms with van der Waals surface area (Å²) in [6.45, 7) is 8.03. The zero-order chi connectivity index (χ0) is 14.5. The molecule has 0 aliphatic heterocycles. The predicted octanol–water partition coefficient (Wildman–Crippen LogP) is 4.86. The fourth-order valence-corrected chi connectivity index (χ4v) is 2.17. The number of aryl methyl sites for hydroxylation is 2. The first-order chi connectivity index (χ1) is 9.60. The van der Waals surface area contributed by atoms with Crippen LogP contribution in [0.25, 0.3) is 0 Å². The third kappa shape index (κ3) is 3.75. The van der Waals surface area contributed by atoms with E-state index < -0.39 is 0 Å². The molecule has 0 saturated carbocycles. The van der Waals surface area contributed by atoms with Gasteiger partial charge in [-0.05, 0) is 55.3 Å². The summed E-state index contributed by atoms with van der Waals surface area (Å²) in [5, 5.41) is 4.01. The fourth-order valence-electron chi connectivity index (χ4n) is 2.01. The van der Waals surface area contributed by atoms with Crippen LogP contribution in [0.1, 0.15) is 23.6 Å². The lowest BCUT2D eigenvalue weighted by molar-refractivity contribution is 0.475. The molecule has 0 aliphatic carbocycles. The molecular formula is C17H20ClNO. The van der Waals surface area contributed by atoms with Gasteiger partial charge in [0.25, 0.3) is 0 Å². The van der Waals surface area contributed by atoms with Crippen LogP contribution in [0, 0.1) is 13.8 Å². The van der Waals surface area contributed by atoms with Crippen LogP contribution in [0.2, 0.25) is 5.02 Å². The Hall–Kier alpha value is -1.51. The van der Waals surface area contributed by atoms with Gasteiger partial charge in [-0.25, -0.2) is 0 Å². The van der Waals surface area contributed by atoms with Crippen molar-refractivity contribution in [1.82, 2.24) is 5.32 Å². The Kier molecular flexibility index (Phi) is 5.05. The number of rotatable bonds is 5. The molecule has 0 radical (unpaired) electrons. The molecule has 0 heterocycles. The Balaban J connectivity index is 2.19. The molecule has 2 aromatic carbocycles. The van der Waals surface area contributed by atoms with Crippen LogP contribution in [0.4, 0.5) is 0 Å². The molecule has 0 fully saturated rings. The van der Waals surface area contributed by atoms with Gasteiger partial charge < -0.3 is 10.1 Å². The SMILES string of the molecule is CCNCc1ccc(Oc2cc(Cl)ccc2C)c(C)c1. The predicted molar refractivity (Wildman–Crippen MR) is 84.8 cm³/mol. The van der Waals surface area contributed by atoms with E-state index in [0.717, 1.165) is 35.7 Å². The summed E-state index contributed by atoms with van der Waals surface area (Å²) < 4.78 is 5.98. The van der Waals surface area contributed by atoms with Gasteiger partial charge in [0.2, 0.25) is 0 Å². The van der Waals surface area contributed by atoms with Gasteiger partial charge in [-0.15, -0.1) is 0 Å². The van der Waals surface area contributed by atoms with Gasteiger partial charge in [0.1, 0.15) is 11.5 Å². The molecule has 0 aromatic heterocycles. The molecule has 0 unspecified atom stereocenters. The molecule has 20 heavy (non-hydrogen) atoms. The Morgan fingerprint density at radius 2 is 1.80 bits per heavy atom. The zero-order valence-corrected chi connectivity index (χ0v) is 12.9. The van der Waals surface area contributed by atoms with E-state index in [1.807, 2.05) is 31.2 Å². The average Bonchev–Trinajstić information content (AvgIpc) is 2.43. The number of hydrogen-bond acceptors (Lipinski definition) is 2. The van der Waals surface area contributed by atoms with E-state index in [1.54, 1.807) is 0 Å². The van der Waals surface area contributed by atoms with Crippen molar-refractivity contribution >= 4 is 11.6 Å². The largest absolute Gasteiger partial charge is 0.457 e. The second kappa shape index (κ2) is 6.78. The first kappa shape index (κ1) is 14.9. The molecular weight excluding hydrogens is 270 g/mol. The number of nitrogens with one attached hydrogen (secondary N) is 1. The van der Waals surface area contributed by atoms with Crippen molar-refractivity contribution in [2.24, 2.45) is 0 Å². The van der Waals surface area contributed by atoms with E-state index in [2.05, 4.69) is 31.3 Å². The van der Waals surface area contributed by atoms with Gasteiger partial charge in [-0.1, -0.05) is 36.7 Å². The first-order valence-corrected chi connectivity index (χ1v) is 7.22. The number of ether oxygens (including phenoxy) is 1. The summed E-state index contributed by atoms with van der Waals surface area (Å²) in [4.78, 5) is 0. The maximum atomic E-state index is 6.02. The van der Waals surface area contributed by atoms with Gasteiger partial charge in [0, 0.05) is 11.6 Å². The maximum absolute atomic E-state index is 6.02.